The second-order valence-electron chi connectivity index (χ2n) is 6.64. The molecule has 1 aromatic heterocycles. The molecule has 4 rings (SSSR count). The normalized spacial score (nSPS) is 25.5. The lowest BCUT2D eigenvalue weighted by Crippen LogP contribution is -2.38. The Labute approximate surface area is 154 Å². The molecule has 4 nitrogen and oxygen atoms in total. The zero-order valence-electron chi connectivity index (χ0n) is 13.4. The van der Waals surface area contributed by atoms with Crippen LogP contribution in [0.3, 0.4) is 0 Å². The van der Waals surface area contributed by atoms with Crippen LogP contribution >= 0.6 is 24.8 Å². The number of pyridine rings is 1. The number of rotatable bonds is 1. The molecule has 130 valence electrons. The third kappa shape index (κ3) is 3.37. The number of benzene rings is 1. The molecule has 6 heteroatoms. The molecule has 2 aliphatic rings. The van der Waals surface area contributed by atoms with Crippen molar-refractivity contribution >= 4 is 41.6 Å². The minimum Gasteiger partial charge on any atom is -0.338 e. The third-order valence-electron chi connectivity index (χ3n) is 5.29. The molecule has 0 bridgehead atoms. The quantitative estimate of drug-likeness (QED) is 0.841. The van der Waals surface area contributed by atoms with Crippen LogP contribution < -0.4 is 5.73 Å². The topological polar surface area (TPSA) is 59.2 Å². The number of fused-ring (bicyclic) bond motifs is 2. The van der Waals surface area contributed by atoms with Crippen molar-refractivity contribution in [3.8, 4) is 0 Å². The van der Waals surface area contributed by atoms with Gasteiger partial charge in [-0.15, -0.1) is 24.8 Å². The molecular weight excluding hydrogens is 345 g/mol. The highest BCUT2D eigenvalue weighted by molar-refractivity contribution is 5.98. The fraction of sp³-hybridized carbons (Fsp3) is 0.444. The van der Waals surface area contributed by atoms with Crippen molar-refractivity contribution < 1.29 is 4.79 Å². The highest BCUT2D eigenvalue weighted by atomic mass is 35.5. The first kappa shape index (κ1) is 19.0. The molecule has 2 aromatic rings. The van der Waals surface area contributed by atoms with Crippen molar-refractivity contribution in [1.82, 2.24) is 9.88 Å². The van der Waals surface area contributed by atoms with E-state index in [0.29, 0.717) is 11.8 Å². The Morgan fingerprint density at radius 1 is 1.17 bits per heavy atom. The highest BCUT2D eigenvalue weighted by Crippen LogP contribution is 2.36. The lowest BCUT2D eigenvalue weighted by atomic mass is 9.78. The van der Waals surface area contributed by atoms with Crippen molar-refractivity contribution in [3.05, 3.63) is 42.1 Å². The average molecular weight is 368 g/mol. The summed E-state index contributed by atoms with van der Waals surface area (Å²) < 4.78 is 0. The largest absolute Gasteiger partial charge is 0.338 e. The number of aromatic nitrogens is 1. The number of carbonyl (C=O) groups excluding carboxylic acids is 1. The maximum absolute atomic E-state index is 12.8. The summed E-state index contributed by atoms with van der Waals surface area (Å²) in [5.41, 5.74) is 7.93. The molecule has 2 N–H and O–H groups in total. The molecule has 1 saturated carbocycles. The van der Waals surface area contributed by atoms with Crippen molar-refractivity contribution in [2.45, 2.75) is 25.3 Å². The molecule has 24 heavy (non-hydrogen) atoms. The standard InChI is InChI=1S/C18H21N3O.2ClH/c19-16-5-1-3-14-10-21(11-15(14)16)18(22)13-6-7-17-12(9-13)4-2-8-20-17;;/h2,4,6-9,14-16H,1,3,5,10-11,19H2;2*1H. The SMILES string of the molecule is Cl.Cl.NC1CCCC2CN(C(=O)c3ccc4ncccc4c3)CC12. The summed E-state index contributed by atoms with van der Waals surface area (Å²) in [5, 5.41) is 1.02. The van der Waals surface area contributed by atoms with E-state index in [-0.39, 0.29) is 36.8 Å². The van der Waals surface area contributed by atoms with Crippen molar-refractivity contribution in [3.63, 3.8) is 0 Å². The maximum atomic E-state index is 12.8. The van der Waals surface area contributed by atoms with Crippen LogP contribution in [-0.2, 0) is 0 Å². The van der Waals surface area contributed by atoms with Crippen LogP contribution in [-0.4, -0.2) is 34.9 Å². The molecule has 3 unspecified atom stereocenters. The monoisotopic (exact) mass is 367 g/mol. The Morgan fingerprint density at radius 2 is 2.00 bits per heavy atom. The van der Waals surface area contributed by atoms with Gasteiger partial charge in [-0.05, 0) is 48.9 Å². The summed E-state index contributed by atoms with van der Waals surface area (Å²) in [5.74, 6) is 1.21. The summed E-state index contributed by atoms with van der Waals surface area (Å²) >= 11 is 0. The van der Waals surface area contributed by atoms with Crippen LogP contribution in [0.2, 0.25) is 0 Å². The van der Waals surface area contributed by atoms with E-state index in [0.717, 1.165) is 36.0 Å². The summed E-state index contributed by atoms with van der Waals surface area (Å²) in [4.78, 5) is 19.1. The molecule has 3 atom stereocenters. The number of likely N-dealkylation sites (tertiary alicyclic amines) is 1. The molecule has 1 aromatic carbocycles. The van der Waals surface area contributed by atoms with E-state index in [4.69, 9.17) is 5.73 Å². The Kier molecular flexibility index (Phi) is 6.07. The molecule has 1 amide bonds. The van der Waals surface area contributed by atoms with Crippen molar-refractivity contribution in [2.75, 3.05) is 13.1 Å². The molecule has 2 heterocycles. The van der Waals surface area contributed by atoms with Gasteiger partial charge in [-0.3, -0.25) is 9.78 Å². The summed E-state index contributed by atoms with van der Waals surface area (Å²) in [6.45, 7) is 1.68. The van der Waals surface area contributed by atoms with Gasteiger partial charge in [-0.1, -0.05) is 12.5 Å². The molecule has 2 fully saturated rings. The summed E-state index contributed by atoms with van der Waals surface area (Å²) in [7, 11) is 0. The van der Waals surface area contributed by atoms with Crippen LogP contribution in [0.1, 0.15) is 29.6 Å². The van der Waals surface area contributed by atoms with Gasteiger partial charge >= 0.3 is 0 Å². The number of nitrogens with two attached hydrogens (primary N) is 1. The highest BCUT2D eigenvalue weighted by Gasteiger charge is 2.40. The van der Waals surface area contributed by atoms with E-state index in [1.807, 2.05) is 35.2 Å². The molecule has 0 spiro atoms. The van der Waals surface area contributed by atoms with Gasteiger partial charge in [0.25, 0.3) is 5.91 Å². The summed E-state index contributed by atoms with van der Waals surface area (Å²) in [6, 6.07) is 9.93. The Balaban J connectivity index is 0.00000104. The number of hydrogen-bond donors (Lipinski definition) is 1. The zero-order chi connectivity index (χ0) is 15.1. The second-order valence-corrected chi connectivity index (χ2v) is 6.64. The predicted molar refractivity (Wildman–Crippen MR) is 101 cm³/mol. The molecule has 1 aliphatic heterocycles. The van der Waals surface area contributed by atoms with Gasteiger partial charge in [0.15, 0.2) is 0 Å². The van der Waals surface area contributed by atoms with Gasteiger partial charge in [0.1, 0.15) is 0 Å². The molecule has 1 saturated heterocycles. The van der Waals surface area contributed by atoms with Gasteiger partial charge < -0.3 is 10.6 Å². The first-order chi connectivity index (χ1) is 10.7. The maximum Gasteiger partial charge on any atom is 0.253 e. The fourth-order valence-corrected chi connectivity index (χ4v) is 4.07. The smallest absolute Gasteiger partial charge is 0.253 e. The van der Waals surface area contributed by atoms with Gasteiger partial charge in [0, 0.05) is 36.3 Å². The lowest BCUT2D eigenvalue weighted by molar-refractivity contribution is 0.0783. The van der Waals surface area contributed by atoms with Crippen molar-refractivity contribution in [1.29, 1.82) is 0 Å². The molecule has 0 radical (unpaired) electrons. The van der Waals surface area contributed by atoms with Gasteiger partial charge in [0.05, 0.1) is 5.52 Å². The summed E-state index contributed by atoms with van der Waals surface area (Å²) in [6.07, 6.45) is 5.29. The van der Waals surface area contributed by atoms with Crippen molar-refractivity contribution in [2.24, 2.45) is 17.6 Å². The Hall–Kier alpha value is -1.36. The third-order valence-corrected chi connectivity index (χ3v) is 5.29. The number of halogens is 2. The minimum atomic E-state index is 0. The van der Waals surface area contributed by atoms with Crippen LogP contribution in [0.25, 0.3) is 10.9 Å². The Bertz CT molecular complexity index is 724. The first-order valence-electron chi connectivity index (χ1n) is 8.12. The molecule has 1 aliphatic carbocycles. The van der Waals surface area contributed by atoms with Crippen LogP contribution in [0.4, 0.5) is 0 Å². The van der Waals surface area contributed by atoms with E-state index >= 15 is 0 Å². The Morgan fingerprint density at radius 3 is 2.79 bits per heavy atom. The predicted octanol–water partition coefficient (Wildman–Crippen LogP) is 3.28. The second kappa shape index (κ2) is 7.68. The van der Waals surface area contributed by atoms with E-state index in [2.05, 4.69) is 4.98 Å². The van der Waals surface area contributed by atoms with Gasteiger partial charge in [-0.25, -0.2) is 0 Å². The van der Waals surface area contributed by atoms with E-state index in [1.54, 1.807) is 6.20 Å². The zero-order valence-corrected chi connectivity index (χ0v) is 15.1. The first-order valence-corrected chi connectivity index (χ1v) is 8.12. The van der Waals surface area contributed by atoms with E-state index in [9.17, 15) is 4.79 Å². The van der Waals surface area contributed by atoms with Gasteiger partial charge in [0.2, 0.25) is 0 Å². The average Bonchev–Trinajstić information content (AvgIpc) is 2.99. The lowest BCUT2D eigenvalue weighted by Gasteiger charge is -2.29. The number of hydrogen-bond acceptors (Lipinski definition) is 3. The van der Waals surface area contributed by atoms with E-state index in [1.165, 1.54) is 12.8 Å². The fourth-order valence-electron chi connectivity index (χ4n) is 4.07. The minimum absolute atomic E-state index is 0. The van der Waals surface area contributed by atoms with Gasteiger partial charge in [-0.2, -0.15) is 0 Å². The number of nitrogens with zero attached hydrogens (tertiary/aromatic N) is 2. The number of carbonyl (C=O) groups is 1. The number of amides is 1. The van der Waals surface area contributed by atoms with Crippen LogP contribution in [0, 0.1) is 11.8 Å². The van der Waals surface area contributed by atoms with Crippen LogP contribution in [0.5, 0.6) is 0 Å². The van der Waals surface area contributed by atoms with E-state index < -0.39 is 0 Å². The van der Waals surface area contributed by atoms with Crippen LogP contribution in [0.15, 0.2) is 36.5 Å². The molecular formula is C18H23Cl2N3O.